The summed E-state index contributed by atoms with van der Waals surface area (Å²) >= 11 is 0. The Kier molecular flexibility index (Phi) is 6.70. The lowest BCUT2D eigenvalue weighted by Crippen LogP contribution is -2.42. The van der Waals surface area contributed by atoms with E-state index in [1.54, 1.807) is 4.90 Å². The first kappa shape index (κ1) is 21.5. The van der Waals surface area contributed by atoms with Gasteiger partial charge in [0.1, 0.15) is 11.4 Å². The van der Waals surface area contributed by atoms with E-state index in [-0.39, 0.29) is 18.0 Å². The SMILES string of the molecule is COC(=O)CCC(c1ccc2c(c1)OCC2)C1CCN(C(=O)OC(C)(C)C)CC1. The number of benzene rings is 1. The maximum absolute atomic E-state index is 12.4. The Labute approximate surface area is 173 Å². The Hall–Kier alpha value is -2.24. The minimum Gasteiger partial charge on any atom is -0.493 e. The number of carbonyl (C=O) groups is 2. The van der Waals surface area contributed by atoms with Gasteiger partial charge in [0.05, 0.1) is 13.7 Å². The summed E-state index contributed by atoms with van der Waals surface area (Å²) in [6.45, 7) is 7.74. The Morgan fingerprint density at radius 2 is 1.97 bits per heavy atom. The monoisotopic (exact) mass is 403 g/mol. The van der Waals surface area contributed by atoms with Crippen LogP contribution in [0.5, 0.6) is 5.75 Å². The molecule has 0 radical (unpaired) electrons. The van der Waals surface area contributed by atoms with E-state index in [1.165, 1.54) is 18.2 Å². The Morgan fingerprint density at radius 1 is 1.24 bits per heavy atom. The van der Waals surface area contributed by atoms with E-state index in [4.69, 9.17) is 14.2 Å². The summed E-state index contributed by atoms with van der Waals surface area (Å²) in [7, 11) is 1.43. The highest BCUT2D eigenvalue weighted by Crippen LogP contribution is 2.39. The minimum atomic E-state index is -0.485. The molecular formula is C23H33NO5. The van der Waals surface area contributed by atoms with Crippen molar-refractivity contribution in [2.24, 2.45) is 5.92 Å². The van der Waals surface area contributed by atoms with Crippen molar-refractivity contribution in [3.8, 4) is 5.75 Å². The molecule has 160 valence electrons. The molecule has 0 saturated carbocycles. The van der Waals surface area contributed by atoms with Crippen molar-refractivity contribution in [2.75, 3.05) is 26.8 Å². The highest BCUT2D eigenvalue weighted by molar-refractivity contribution is 5.69. The first-order chi connectivity index (χ1) is 13.8. The third kappa shape index (κ3) is 5.64. The molecule has 0 N–H and O–H groups in total. The highest BCUT2D eigenvalue weighted by Gasteiger charge is 2.32. The second-order valence-electron chi connectivity index (χ2n) is 8.99. The lowest BCUT2D eigenvalue weighted by Gasteiger charge is -2.37. The first-order valence-corrected chi connectivity index (χ1v) is 10.6. The van der Waals surface area contributed by atoms with Crippen LogP contribution < -0.4 is 4.74 Å². The van der Waals surface area contributed by atoms with Gasteiger partial charge in [0.25, 0.3) is 0 Å². The zero-order chi connectivity index (χ0) is 21.0. The number of amides is 1. The highest BCUT2D eigenvalue weighted by atomic mass is 16.6. The summed E-state index contributed by atoms with van der Waals surface area (Å²) in [5.41, 5.74) is 1.98. The fourth-order valence-corrected chi connectivity index (χ4v) is 4.27. The third-order valence-electron chi connectivity index (χ3n) is 5.80. The molecule has 1 saturated heterocycles. The van der Waals surface area contributed by atoms with Gasteiger partial charge in [-0.25, -0.2) is 4.79 Å². The smallest absolute Gasteiger partial charge is 0.410 e. The van der Waals surface area contributed by atoms with Gasteiger partial charge in [-0.05, 0) is 69.1 Å². The average molecular weight is 404 g/mol. The number of rotatable bonds is 5. The van der Waals surface area contributed by atoms with Crippen molar-refractivity contribution in [1.82, 2.24) is 4.90 Å². The zero-order valence-electron chi connectivity index (χ0n) is 18.0. The molecule has 2 aliphatic heterocycles. The molecule has 1 atom stereocenters. The number of carbonyl (C=O) groups excluding carboxylic acids is 2. The number of hydrogen-bond acceptors (Lipinski definition) is 5. The molecular weight excluding hydrogens is 370 g/mol. The summed E-state index contributed by atoms with van der Waals surface area (Å²) in [5.74, 6) is 1.43. The van der Waals surface area contributed by atoms with Gasteiger partial charge in [0, 0.05) is 25.9 Å². The number of hydrogen-bond donors (Lipinski definition) is 0. The maximum Gasteiger partial charge on any atom is 0.410 e. The molecule has 1 unspecified atom stereocenters. The van der Waals surface area contributed by atoms with Crippen molar-refractivity contribution in [1.29, 1.82) is 0 Å². The predicted octanol–water partition coefficient (Wildman–Crippen LogP) is 4.31. The van der Waals surface area contributed by atoms with Gasteiger partial charge in [-0.2, -0.15) is 0 Å². The summed E-state index contributed by atoms with van der Waals surface area (Å²) in [6.07, 6.45) is 3.63. The number of methoxy groups -OCH3 is 1. The number of esters is 1. The van der Waals surface area contributed by atoms with Gasteiger partial charge in [-0.1, -0.05) is 12.1 Å². The fourth-order valence-electron chi connectivity index (χ4n) is 4.27. The Balaban J connectivity index is 1.69. The number of fused-ring (bicyclic) bond motifs is 1. The van der Waals surface area contributed by atoms with E-state index in [2.05, 4.69) is 18.2 Å². The van der Waals surface area contributed by atoms with E-state index in [0.29, 0.717) is 25.4 Å². The van der Waals surface area contributed by atoms with Crippen molar-refractivity contribution in [3.63, 3.8) is 0 Å². The molecule has 0 aliphatic carbocycles. The van der Waals surface area contributed by atoms with Gasteiger partial charge in [-0.3, -0.25) is 4.79 Å². The summed E-state index contributed by atoms with van der Waals surface area (Å²) in [5, 5.41) is 0. The van der Waals surface area contributed by atoms with E-state index in [0.717, 1.165) is 38.0 Å². The summed E-state index contributed by atoms with van der Waals surface area (Å²) in [6, 6.07) is 6.47. The zero-order valence-corrected chi connectivity index (χ0v) is 18.0. The van der Waals surface area contributed by atoms with Crippen molar-refractivity contribution in [2.45, 2.75) is 64.4 Å². The lowest BCUT2D eigenvalue weighted by molar-refractivity contribution is -0.140. The van der Waals surface area contributed by atoms with Crippen molar-refractivity contribution >= 4 is 12.1 Å². The molecule has 1 fully saturated rings. The minimum absolute atomic E-state index is 0.182. The molecule has 0 spiro atoms. The van der Waals surface area contributed by atoms with Crippen LogP contribution in [0.1, 0.15) is 63.5 Å². The predicted molar refractivity (Wildman–Crippen MR) is 110 cm³/mol. The molecule has 2 heterocycles. The first-order valence-electron chi connectivity index (χ1n) is 10.6. The van der Waals surface area contributed by atoms with Crippen LogP contribution in [0.3, 0.4) is 0 Å². The molecule has 3 rings (SSSR count). The average Bonchev–Trinajstić information content (AvgIpc) is 3.15. The fraction of sp³-hybridized carbons (Fsp3) is 0.652. The molecule has 1 amide bonds. The lowest BCUT2D eigenvalue weighted by atomic mass is 9.77. The van der Waals surface area contributed by atoms with Gasteiger partial charge >= 0.3 is 12.1 Å². The van der Waals surface area contributed by atoms with Gasteiger partial charge < -0.3 is 19.1 Å². The summed E-state index contributed by atoms with van der Waals surface area (Å²) < 4.78 is 16.1. The van der Waals surface area contributed by atoms with E-state index in [9.17, 15) is 9.59 Å². The van der Waals surface area contributed by atoms with Crippen LogP contribution >= 0.6 is 0 Å². The molecule has 2 aliphatic rings. The molecule has 6 nitrogen and oxygen atoms in total. The van der Waals surface area contributed by atoms with Crippen LogP contribution in [0.2, 0.25) is 0 Å². The molecule has 0 bridgehead atoms. The van der Waals surface area contributed by atoms with Crippen LogP contribution in [0.15, 0.2) is 18.2 Å². The number of ether oxygens (including phenoxy) is 3. The van der Waals surface area contributed by atoms with E-state index >= 15 is 0 Å². The maximum atomic E-state index is 12.4. The molecule has 6 heteroatoms. The van der Waals surface area contributed by atoms with Crippen molar-refractivity contribution in [3.05, 3.63) is 29.3 Å². The quantitative estimate of drug-likeness (QED) is 0.686. The van der Waals surface area contributed by atoms with Crippen LogP contribution in [0, 0.1) is 5.92 Å². The Morgan fingerprint density at radius 3 is 2.62 bits per heavy atom. The standard InChI is InChI=1S/C23H33NO5/c1-23(2,3)29-22(26)24-12-9-16(10-13-24)19(7-8-21(25)27-4)18-6-5-17-11-14-28-20(17)15-18/h5-6,15-16,19H,7-14H2,1-4H3. The number of piperidine rings is 1. The molecule has 29 heavy (non-hydrogen) atoms. The van der Waals surface area contributed by atoms with Gasteiger partial charge in [0.2, 0.25) is 0 Å². The van der Waals surface area contributed by atoms with E-state index < -0.39 is 5.60 Å². The number of nitrogens with zero attached hydrogens (tertiary/aromatic N) is 1. The number of likely N-dealkylation sites (tertiary alicyclic amines) is 1. The Bertz CT molecular complexity index is 731. The molecule has 0 aromatic heterocycles. The second-order valence-corrected chi connectivity index (χ2v) is 8.99. The largest absolute Gasteiger partial charge is 0.493 e. The van der Waals surface area contributed by atoms with Crippen LogP contribution in [-0.2, 0) is 20.7 Å². The van der Waals surface area contributed by atoms with Crippen LogP contribution in [0.25, 0.3) is 0 Å². The molecule has 1 aromatic carbocycles. The normalized spacial score (nSPS) is 18.0. The molecule has 1 aromatic rings. The van der Waals surface area contributed by atoms with E-state index in [1.807, 2.05) is 20.8 Å². The van der Waals surface area contributed by atoms with Gasteiger partial charge in [0.15, 0.2) is 0 Å². The van der Waals surface area contributed by atoms with Gasteiger partial charge in [-0.15, -0.1) is 0 Å². The second kappa shape index (κ2) is 9.06. The topological polar surface area (TPSA) is 65.1 Å². The van der Waals surface area contributed by atoms with Crippen LogP contribution in [0.4, 0.5) is 4.79 Å². The van der Waals surface area contributed by atoms with Crippen LogP contribution in [-0.4, -0.2) is 49.4 Å². The van der Waals surface area contributed by atoms with Crippen molar-refractivity contribution < 1.29 is 23.8 Å². The third-order valence-corrected chi connectivity index (χ3v) is 5.80. The summed E-state index contributed by atoms with van der Waals surface area (Å²) in [4.78, 5) is 25.9.